The van der Waals surface area contributed by atoms with Gasteiger partial charge in [0.25, 0.3) is 0 Å². The second-order valence-electron chi connectivity index (χ2n) is 4.38. The monoisotopic (exact) mass is 249 g/mol. The van der Waals surface area contributed by atoms with Gasteiger partial charge in [-0.1, -0.05) is 19.9 Å². The number of aryl methyl sites for hydroxylation is 1. The van der Waals surface area contributed by atoms with Crippen LogP contribution in [0.15, 0.2) is 18.2 Å². The first kappa shape index (κ1) is 14.0. The molecule has 18 heavy (non-hydrogen) atoms. The van der Waals surface area contributed by atoms with Crippen LogP contribution in [0.3, 0.4) is 0 Å². The molecule has 0 saturated heterocycles. The van der Waals surface area contributed by atoms with Crippen LogP contribution in [0.5, 0.6) is 0 Å². The van der Waals surface area contributed by atoms with Crippen molar-refractivity contribution in [2.45, 2.75) is 20.8 Å². The van der Waals surface area contributed by atoms with Crippen LogP contribution in [0.4, 0.5) is 16.2 Å². The highest BCUT2D eigenvalue weighted by Gasteiger charge is 2.09. The molecule has 0 saturated carbocycles. The van der Waals surface area contributed by atoms with Crippen LogP contribution in [0, 0.1) is 12.8 Å². The predicted molar refractivity (Wildman–Crippen MR) is 72.7 cm³/mol. The zero-order valence-electron chi connectivity index (χ0n) is 11.1. The van der Waals surface area contributed by atoms with Crippen LogP contribution in [-0.2, 0) is 4.79 Å². The number of benzene rings is 1. The van der Waals surface area contributed by atoms with Crippen molar-refractivity contribution in [1.82, 2.24) is 5.32 Å². The molecule has 0 atom stereocenters. The van der Waals surface area contributed by atoms with Gasteiger partial charge in [0.15, 0.2) is 0 Å². The Balaban J connectivity index is 2.86. The van der Waals surface area contributed by atoms with Crippen LogP contribution >= 0.6 is 0 Å². The number of urea groups is 1. The van der Waals surface area contributed by atoms with Crippen molar-refractivity contribution in [2.75, 3.05) is 17.7 Å². The van der Waals surface area contributed by atoms with Crippen LogP contribution in [0.2, 0.25) is 0 Å². The molecule has 0 spiro atoms. The van der Waals surface area contributed by atoms with Gasteiger partial charge >= 0.3 is 6.03 Å². The molecule has 0 aliphatic carbocycles. The topological polar surface area (TPSA) is 70.2 Å². The molecule has 5 nitrogen and oxygen atoms in total. The number of hydrogen-bond donors (Lipinski definition) is 3. The third kappa shape index (κ3) is 3.76. The van der Waals surface area contributed by atoms with Crippen LogP contribution in [0.25, 0.3) is 0 Å². The van der Waals surface area contributed by atoms with Crippen molar-refractivity contribution in [3.05, 3.63) is 23.8 Å². The second kappa shape index (κ2) is 6.05. The predicted octanol–water partition coefficient (Wildman–Crippen LogP) is 2.34. The van der Waals surface area contributed by atoms with Gasteiger partial charge in [-0.25, -0.2) is 4.79 Å². The molecule has 1 aromatic rings. The first-order valence-corrected chi connectivity index (χ1v) is 5.84. The van der Waals surface area contributed by atoms with E-state index in [-0.39, 0.29) is 17.9 Å². The van der Waals surface area contributed by atoms with Gasteiger partial charge in [-0.2, -0.15) is 0 Å². The van der Waals surface area contributed by atoms with E-state index in [0.29, 0.717) is 11.4 Å². The van der Waals surface area contributed by atoms with Gasteiger partial charge in [0, 0.05) is 24.3 Å². The van der Waals surface area contributed by atoms with E-state index in [0.717, 1.165) is 5.56 Å². The molecule has 0 unspecified atom stereocenters. The van der Waals surface area contributed by atoms with Gasteiger partial charge in [-0.15, -0.1) is 0 Å². The molecule has 5 heteroatoms. The number of carbonyl (C=O) groups is 2. The summed E-state index contributed by atoms with van der Waals surface area (Å²) in [6, 6.07) is 5.11. The summed E-state index contributed by atoms with van der Waals surface area (Å²) in [6.45, 7) is 5.54. The Morgan fingerprint density at radius 2 is 1.83 bits per heavy atom. The maximum Gasteiger partial charge on any atom is 0.318 e. The number of anilines is 2. The van der Waals surface area contributed by atoms with Crippen molar-refractivity contribution in [3.63, 3.8) is 0 Å². The molecule has 0 aliphatic heterocycles. The van der Waals surface area contributed by atoms with Gasteiger partial charge in [-0.05, 0) is 24.6 Å². The summed E-state index contributed by atoms with van der Waals surface area (Å²) in [5.41, 5.74) is 2.28. The smallest absolute Gasteiger partial charge is 0.318 e. The fourth-order valence-electron chi connectivity index (χ4n) is 1.31. The lowest BCUT2D eigenvalue weighted by atomic mass is 10.1. The Hall–Kier alpha value is -2.04. The Morgan fingerprint density at radius 1 is 1.17 bits per heavy atom. The second-order valence-corrected chi connectivity index (χ2v) is 4.38. The largest absolute Gasteiger partial charge is 0.341 e. The summed E-state index contributed by atoms with van der Waals surface area (Å²) in [6.07, 6.45) is 0. The molecule has 0 fully saturated rings. The number of hydrogen-bond acceptors (Lipinski definition) is 2. The lowest BCUT2D eigenvalue weighted by Gasteiger charge is -2.12. The summed E-state index contributed by atoms with van der Waals surface area (Å²) in [7, 11) is 1.55. The van der Waals surface area contributed by atoms with E-state index in [1.165, 1.54) is 0 Å². The normalized spacial score (nSPS) is 10.1. The number of carbonyl (C=O) groups excluding carboxylic acids is 2. The van der Waals surface area contributed by atoms with Crippen molar-refractivity contribution in [3.8, 4) is 0 Å². The molecular formula is C13H19N3O2. The fourth-order valence-corrected chi connectivity index (χ4v) is 1.31. The summed E-state index contributed by atoms with van der Waals surface area (Å²) in [5.74, 6) is -0.133. The number of amides is 3. The molecule has 1 aromatic carbocycles. The highest BCUT2D eigenvalue weighted by Crippen LogP contribution is 2.20. The Kier molecular flexibility index (Phi) is 4.71. The summed E-state index contributed by atoms with van der Waals surface area (Å²) in [5, 5.41) is 7.97. The van der Waals surface area contributed by atoms with Gasteiger partial charge in [0.1, 0.15) is 0 Å². The fraction of sp³-hybridized carbons (Fsp3) is 0.385. The van der Waals surface area contributed by atoms with Crippen molar-refractivity contribution in [2.24, 2.45) is 5.92 Å². The van der Waals surface area contributed by atoms with E-state index in [4.69, 9.17) is 0 Å². The van der Waals surface area contributed by atoms with Crippen molar-refractivity contribution >= 4 is 23.3 Å². The zero-order chi connectivity index (χ0) is 13.7. The van der Waals surface area contributed by atoms with Crippen LogP contribution < -0.4 is 16.0 Å². The standard InChI is InChI=1S/C13H19N3O2/c1-8(2)12(17)15-10-6-5-9(3)11(7-10)16-13(18)14-4/h5-8H,1-4H3,(H,15,17)(H2,14,16,18). The molecule has 0 aliphatic rings. The van der Waals surface area contributed by atoms with Crippen LogP contribution in [-0.4, -0.2) is 19.0 Å². The molecule has 0 radical (unpaired) electrons. The number of nitrogens with one attached hydrogen (secondary N) is 3. The molecule has 0 aromatic heterocycles. The van der Waals surface area contributed by atoms with E-state index in [2.05, 4.69) is 16.0 Å². The van der Waals surface area contributed by atoms with Crippen molar-refractivity contribution in [1.29, 1.82) is 0 Å². The highest BCUT2D eigenvalue weighted by atomic mass is 16.2. The van der Waals surface area contributed by atoms with Gasteiger partial charge in [0.05, 0.1) is 0 Å². The quantitative estimate of drug-likeness (QED) is 0.769. The summed E-state index contributed by atoms with van der Waals surface area (Å²) < 4.78 is 0. The Bertz CT molecular complexity index is 456. The van der Waals surface area contributed by atoms with Gasteiger partial charge in [0.2, 0.25) is 5.91 Å². The average molecular weight is 249 g/mol. The maximum absolute atomic E-state index is 11.6. The van der Waals surface area contributed by atoms with Gasteiger partial charge < -0.3 is 16.0 Å². The lowest BCUT2D eigenvalue weighted by Crippen LogP contribution is -2.25. The van der Waals surface area contributed by atoms with E-state index >= 15 is 0 Å². The molecule has 0 heterocycles. The maximum atomic E-state index is 11.6. The highest BCUT2D eigenvalue weighted by molar-refractivity contribution is 5.94. The number of rotatable bonds is 3. The van der Waals surface area contributed by atoms with Crippen molar-refractivity contribution < 1.29 is 9.59 Å². The molecule has 98 valence electrons. The zero-order valence-corrected chi connectivity index (χ0v) is 11.1. The van der Waals surface area contributed by atoms with Crippen LogP contribution in [0.1, 0.15) is 19.4 Å². The Labute approximate surface area is 107 Å². The SMILES string of the molecule is CNC(=O)Nc1cc(NC(=O)C(C)C)ccc1C. The van der Waals surface area contributed by atoms with E-state index < -0.39 is 0 Å². The molecule has 3 amide bonds. The minimum atomic E-state index is -0.287. The first-order valence-electron chi connectivity index (χ1n) is 5.84. The van der Waals surface area contributed by atoms with Gasteiger partial charge in [-0.3, -0.25) is 4.79 Å². The molecule has 0 bridgehead atoms. The molecular weight excluding hydrogens is 230 g/mol. The van der Waals surface area contributed by atoms with E-state index in [1.54, 1.807) is 13.1 Å². The molecule has 3 N–H and O–H groups in total. The van der Waals surface area contributed by atoms with E-state index in [1.807, 2.05) is 32.9 Å². The summed E-state index contributed by atoms with van der Waals surface area (Å²) >= 11 is 0. The third-order valence-corrected chi connectivity index (χ3v) is 2.50. The molecule has 1 rings (SSSR count). The minimum absolute atomic E-state index is 0.0512. The third-order valence-electron chi connectivity index (χ3n) is 2.50. The Morgan fingerprint density at radius 3 is 2.39 bits per heavy atom. The average Bonchev–Trinajstić information content (AvgIpc) is 2.33. The lowest BCUT2D eigenvalue weighted by molar-refractivity contribution is -0.118. The first-order chi connectivity index (χ1) is 8.43. The van der Waals surface area contributed by atoms with E-state index in [9.17, 15) is 9.59 Å². The summed E-state index contributed by atoms with van der Waals surface area (Å²) in [4.78, 5) is 22.8. The minimum Gasteiger partial charge on any atom is -0.341 e.